The number of piperazine rings is 1. The number of sulfone groups is 1. The molecule has 8 heteroatoms. The first kappa shape index (κ1) is 19.9. The molecule has 0 spiro atoms. The van der Waals surface area contributed by atoms with E-state index in [9.17, 15) is 17.6 Å². The van der Waals surface area contributed by atoms with Gasteiger partial charge in [-0.15, -0.1) is 12.4 Å². The van der Waals surface area contributed by atoms with Crippen LogP contribution in [0, 0.1) is 5.82 Å². The molecule has 1 amide bonds. The van der Waals surface area contributed by atoms with Crippen molar-refractivity contribution in [3.05, 3.63) is 35.6 Å². The van der Waals surface area contributed by atoms with Crippen LogP contribution in [0.4, 0.5) is 4.39 Å². The van der Waals surface area contributed by atoms with Crippen molar-refractivity contribution >= 4 is 28.2 Å². The quantitative estimate of drug-likeness (QED) is 0.880. The van der Waals surface area contributed by atoms with E-state index in [1.54, 1.807) is 26.0 Å². The van der Waals surface area contributed by atoms with Crippen molar-refractivity contribution in [2.24, 2.45) is 0 Å². The molecule has 23 heavy (non-hydrogen) atoms. The molecule has 2 rings (SSSR count). The lowest BCUT2D eigenvalue weighted by Gasteiger charge is -2.36. The van der Waals surface area contributed by atoms with Crippen molar-refractivity contribution in [1.82, 2.24) is 10.2 Å². The van der Waals surface area contributed by atoms with Crippen molar-refractivity contribution in [3.63, 3.8) is 0 Å². The third-order valence-corrected chi connectivity index (χ3v) is 5.93. The second kappa shape index (κ2) is 8.08. The summed E-state index contributed by atoms with van der Waals surface area (Å²) in [5.41, 5.74) is 0.669. The summed E-state index contributed by atoms with van der Waals surface area (Å²) in [6.07, 6.45) is 0. The van der Waals surface area contributed by atoms with Gasteiger partial charge in [-0.2, -0.15) is 0 Å². The Morgan fingerprint density at radius 1 is 1.43 bits per heavy atom. The SMILES string of the molecule is CC(C)S(=O)(=O)CC(=O)N1CCNCC1c1cccc(F)c1.Cl. The Morgan fingerprint density at radius 3 is 2.74 bits per heavy atom. The topological polar surface area (TPSA) is 66.5 Å². The molecule has 5 nitrogen and oxygen atoms in total. The maximum Gasteiger partial charge on any atom is 0.238 e. The van der Waals surface area contributed by atoms with Crippen molar-refractivity contribution in [2.75, 3.05) is 25.4 Å². The summed E-state index contributed by atoms with van der Waals surface area (Å²) in [5.74, 6) is -1.30. The van der Waals surface area contributed by atoms with Crippen molar-refractivity contribution in [3.8, 4) is 0 Å². The van der Waals surface area contributed by atoms with Gasteiger partial charge in [0.2, 0.25) is 5.91 Å². The number of halogens is 2. The van der Waals surface area contributed by atoms with Gasteiger partial charge in [-0.3, -0.25) is 4.79 Å². The minimum Gasteiger partial charge on any atom is -0.332 e. The summed E-state index contributed by atoms with van der Waals surface area (Å²) in [6.45, 7) is 4.61. The Bertz CT molecular complexity index is 652. The summed E-state index contributed by atoms with van der Waals surface area (Å²) in [6, 6.07) is 5.72. The van der Waals surface area contributed by atoms with Crippen LogP contribution < -0.4 is 5.32 Å². The monoisotopic (exact) mass is 364 g/mol. The Morgan fingerprint density at radius 2 is 2.13 bits per heavy atom. The maximum atomic E-state index is 13.4. The van der Waals surface area contributed by atoms with Gasteiger partial charge < -0.3 is 10.2 Å². The molecule has 1 unspecified atom stereocenters. The number of nitrogens with one attached hydrogen (secondary N) is 1. The first-order chi connectivity index (χ1) is 10.3. The highest BCUT2D eigenvalue weighted by atomic mass is 35.5. The fraction of sp³-hybridized carbons (Fsp3) is 0.533. The van der Waals surface area contributed by atoms with E-state index in [1.807, 2.05) is 0 Å². The van der Waals surface area contributed by atoms with Gasteiger partial charge in [0, 0.05) is 19.6 Å². The van der Waals surface area contributed by atoms with E-state index in [0.717, 1.165) is 0 Å². The van der Waals surface area contributed by atoms with Crippen LogP contribution >= 0.6 is 12.4 Å². The molecular weight excluding hydrogens is 343 g/mol. The molecule has 0 radical (unpaired) electrons. The van der Waals surface area contributed by atoms with E-state index in [-0.39, 0.29) is 24.3 Å². The Kier molecular flexibility index (Phi) is 6.98. The molecule has 1 N–H and O–H groups in total. The van der Waals surface area contributed by atoms with Crippen LogP contribution in [0.1, 0.15) is 25.5 Å². The first-order valence-corrected chi connectivity index (χ1v) is 9.00. The zero-order chi connectivity index (χ0) is 16.3. The molecule has 0 saturated carbocycles. The van der Waals surface area contributed by atoms with Crippen LogP contribution in [-0.4, -0.2) is 49.9 Å². The van der Waals surface area contributed by atoms with Gasteiger partial charge in [0.05, 0.1) is 11.3 Å². The smallest absolute Gasteiger partial charge is 0.238 e. The van der Waals surface area contributed by atoms with Crippen LogP contribution in [0.25, 0.3) is 0 Å². The molecule has 1 aliphatic heterocycles. The summed E-state index contributed by atoms with van der Waals surface area (Å²) in [7, 11) is -3.45. The first-order valence-electron chi connectivity index (χ1n) is 7.28. The standard InChI is InChI=1S/C15H21FN2O3S.ClH/c1-11(2)22(20,21)10-15(19)18-7-6-17-9-14(18)12-4-3-5-13(16)8-12;/h3-5,8,11,14,17H,6-7,9-10H2,1-2H3;1H. The zero-order valence-corrected chi connectivity index (χ0v) is 14.8. The number of carbonyl (C=O) groups excluding carboxylic acids is 1. The average molecular weight is 365 g/mol. The van der Waals surface area contributed by atoms with E-state index in [0.29, 0.717) is 25.2 Å². The highest BCUT2D eigenvalue weighted by Crippen LogP contribution is 2.23. The Balaban J connectivity index is 0.00000264. The number of rotatable bonds is 4. The lowest BCUT2D eigenvalue weighted by atomic mass is 10.0. The van der Waals surface area contributed by atoms with E-state index in [1.165, 1.54) is 17.0 Å². The fourth-order valence-electron chi connectivity index (χ4n) is 2.44. The molecule has 1 heterocycles. The molecule has 1 fully saturated rings. The third kappa shape index (κ3) is 4.89. The van der Waals surface area contributed by atoms with E-state index in [4.69, 9.17) is 0 Å². The van der Waals surface area contributed by atoms with Crippen molar-refractivity contribution in [2.45, 2.75) is 25.1 Å². The molecule has 1 atom stereocenters. The minimum absolute atomic E-state index is 0. The predicted octanol–water partition coefficient (Wildman–Crippen LogP) is 1.54. The summed E-state index contributed by atoms with van der Waals surface area (Å²) < 4.78 is 37.3. The second-order valence-corrected chi connectivity index (χ2v) is 8.28. The van der Waals surface area contributed by atoms with Gasteiger partial charge in [0.25, 0.3) is 0 Å². The molecule has 0 bridgehead atoms. The number of hydrogen-bond acceptors (Lipinski definition) is 4. The normalized spacial score (nSPS) is 18.6. The molecule has 1 aromatic rings. The number of nitrogens with zero attached hydrogens (tertiary/aromatic N) is 1. The molecule has 1 aromatic carbocycles. The van der Waals surface area contributed by atoms with Crippen molar-refractivity contribution < 1.29 is 17.6 Å². The number of hydrogen-bond donors (Lipinski definition) is 1. The van der Waals surface area contributed by atoms with E-state index >= 15 is 0 Å². The predicted molar refractivity (Wildman–Crippen MR) is 89.9 cm³/mol. The van der Waals surface area contributed by atoms with Crippen LogP contribution in [0.3, 0.4) is 0 Å². The van der Waals surface area contributed by atoms with E-state index in [2.05, 4.69) is 5.32 Å². The number of carbonyl (C=O) groups is 1. The molecule has 1 saturated heterocycles. The third-order valence-electron chi connectivity index (χ3n) is 3.84. The lowest BCUT2D eigenvalue weighted by molar-refractivity contribution is -0.131. The fourth-order valence-corrected chi connectivity index (χ4v) is 3.28. The summed E-state index contributed by atoms with van der Waals surface area (Å²) in [4.78, 5) is 13.9. The summed E-state index contributed by atoms with van der Waals surface area (Å²) >= 11 is 0. The average Bonchev–Trinajstić information content (AvgIpc) is 2.46. The zero-order valence-electron chi connectivity index (χ0n) is 13.2. The highest BCUT2D eigenvalue weighted by molar-refractivity contribution is 7.92. The van der Waals surface area contributed by atoms with Crippen LogP contribution in [0.5, 0.6) is 0 Å². The molecular formula is C15H22ClFN2O3S. The Labute approximate surface area is 142 Å². The highest BCUT2D eigenvalue weighted by Gasteiger charge is 2.31. The molecule has 130 valence electrons. The summed E-state index contributed by atoms with van der Waals surface area (Å²) in [5, 5.41) is 2.57. The van der Waals surface area contributed by atoms with Gasteiger partial charge in [-0.25, -0.2) is 12.8 Å². The largest absolute Gasteiger partial charge is 0.332 e. The second-order valence-electron chi connectivity index (χ2n) is 5.72. The Hall–Kier alpha value is -1.18. The number of amides is 1. The maximum absolute atomic E-state index is 13.4. The van der Waals surface area contributed by atoms with Gasteiger partial charge in [0.1, 0.15) is 11.6 Å². The van der Waals surface area contributed by atoms with E-state index < -0.39 is 26.7 Å². The van der Waals surface area contributed by atoms with Gasteiger partial charge in [-0.05, 0) is 31.5 Å². The van der Waals surface area contributed by atoms with Crippen molar-refractivity contribution in [1.29, 1.82) is 0 Å². The van der Waals surface area contributed by atoms with Crippen LogP contribution in [0.2, 0.25) is 0 Å². The van der Waals surface area contributed by atoms with Gasteiger partial charge in [0.15, 0.2) is 9.84 Å². The van der Waals surface area contributed by atoms with Gasteiger partial charge >= 0.3 is 0 Å². The lowest BCUT2D eigenvalue weighted by Crippen LogP contribution is -2.50. The number of benzene rings is 1. The van der Waals surface area contributed by atoms with Crippen LogP contribution in [0.15, 0.2) is 24.3 Å². The van der Waals surface area contributed by atoms with Crippen LogP contribution in [-0.2, 0) is 14.6 Å². The molecule has 0 aliphatic carbocycles. The molecule has 0 aromatic heterocycles. The van der Waals surface area contributed by atoms with Gasteiger partial charge in [-0.1, -0.05) is 12.1 Å². The molecule has 1 aliphatic rings. The minimum atomic E-state index is -3.45.